The van der Waals surface area contributed by atoms with Crippen LogP contribution in [-0.2, 0) is 11.3 Å². The van der Waals surface area contributed by atoms with E-state index in [0.29, 0.717) is 11.4 Å². The summed E-state index contributed by atoms with van der Waals surface area (Å²) in [5.41, 5.74) is 2.79. The first-order valence-corrected chi connectivity index (χ1v) is 10.4. The van der Waals surface area contributed by atoms with Crippen LogP contribution in [0.2, 0.25) is 0 Å². The number of hydrogen-bond donors (Lipinski definition) is 0. The molecule has 29 heavy (non-hydrogen) atoms. The normalized spacial score (nSPS) is 16.9. The van der Waals surface area contributed by atoms with Gasteiger partial charge in [0, 0.05) is 29.7 Å². The molecule has 0 radical (unpaired) electrons. The van der Waals surface area contributed by atoms with E-state index >= 15 is 0 Å². The minimum Gasteiger partial charge on any atom is -0.343 e. The predicted molar refractivity (Wildman–Crippen MR) is 115 cm³/mol. The Bertz CT molecular complexity index is 1130. The number of aromatic nitrogens is 1. The van der Waals surface area contributed by atoms with Gasteiger partial charge in [0.2, 0.25) is 0 Å². The zero-order valence-corrected chi connectivity index (χ0v) is 17.1. The predicted octanol–water partition coefficient (Wildman–Crippen LogP) is 5.66. The number of fused-ring (bicyclic) bond motifs is 1. The standard InChI is InChI=1S/C23H21FN2O2S/c1-3-15(2)26-22(27)21(29-23(26)28)13-16-7-8-20-18(11-16)9-10-25(20)14-17-5-4-6-19(24)12-17/h4-13,15H,3,14H2,1-2H3/b21-13-/t15-/m0/s1. The van der Waals surface area contributed by atoms with Crippen LogP contribution in [0.15, 0.2) is 59.6 Å². The third-order valence-corrected chi connectivity index (χ3v) is 6.07. The maximum Gasteiger partial charge on any atom is 0.293 e. The van der Waals surface area contributed by atoms with Crippen LogP contribution in [0.3, 0.4) is 0 Å². The summed E-state index contributed by atoms with van der Waals surface area (Å²) in [4.78, 5) is 26.6. The molecule has 148 valence electrons. The Kier molecular flexibility index (Phi) is 5.28. The molecule has 3 aromatic rings. The van der Waals surface area contributed by atoms with Crippen molar-refractivity contribution in [3.8, 4) is 0 Å². The third-order valence-electron chi connectivity index (χ3n) is 5.19. The molecular formula is C23H21FN2O2S. The molecule has 0 bridgehead atoms. The molecule has 4 nitrogen and oxygen atoms in total. The number of benzene rings is 2. The molecule has 0 aliphatic carbocycles. The zero-order chi connectivity index (χ0) is 20.5. The van der Waals surface area contributed by atoms with Crippen molar-refractivity contribution in [3.05, 3.63) is 76.6 Å². The van der Waals surface area contributed by atoms with Crippen molar-refractivity contribution in [2.75, 3.05) is 0 Å². The van der Waals surface area contributed by atoms with Crippen molar-refractivity contribution in [2.45, 2.75) is 32.9 Å². The third kappa shape index (κ3) is 3.85. The lowest BCUT2D eigenvalue weighted by Gasteiger charge is -2.19. The summed E-state index contributed by atoms with van der Waals surface area (Å²) in [7, 11) is 0. The van der Waals surface area contributed by atoms with Crippen LogP contribution in [0.1, 0.15) is 31.4 Å². The SMILES string of the molecule is CC[C@H](C)N1C(=O)S/C(=C\c2ccc3c(ccn3Cc3cccc(F)c3)c2)C1=O. The Morgan fingerprint density at radius 2 is 1.97 bits per heavy atom. The van der Waals surface area contributed by atoms with Crippen molar-refractivity contribution in [1.29, 1.82) is 0 Å². The number of imide groups is 1. The van der Waals surface area contributed by atoms with E-state index < -0.39 is 0 Å². The number of hydrogen-bond acceptors (Lipinski definition) is 3. The smallest absolute Gasteiger partial charge is 0.293 e. The van der Waals surface area contributed by atoms with Gasteiger partial charge in [-0.3, -0.25) is 14.5 Å². The Morgan fingerprint density at radius 3 is 2.72 bits per heavy atom. The molecule has 2 heterocycles. The average molecular weight is 408 g/mol. The van der Waals surface area contributed by atoms with E-state index in [-0.39, 0.29) is 23.0 Å². The lowest BCUT2D eigenvalue weighted by Crippen LogP contribution is -2.36. The molecule has 0 saturated carbocycles. The van der Waals surface area contributed by atoms with Gasteiger partial charge in [-0.15, -0.1) is 0 Å². The van der Waals surface area contributed by atoms with Gasteiger partial charge in [0.1, 0.15) is 5.82 Å². The highest BCUT2D eigenvalue weighted by Crippen LogP contribution is 2.34. The van der Waals surface area contributed by atoms with Crippen molar-refractivity contribution >= 4 is 39.9 Å². The fraction of sp³-hybridized carbons (Fsp3) is 0.217. The second kappa shape index (κ2) is 7.87. The summed E-state index contributed by atoms with van der Waals surface area (Å²) in [5, 5.41) is 0.814. The van der Waals surface area contributed by atoms with E-state index in [1.165, 1.54) is 17.0 Å². The lowest BCUT2D eigenvalue weighted by molar-refractivity contribution is -0.124. The first-order valence-electron chi connectivity index (χ1n) is 9.56. The minimum absolute atomic E-state index is 0.104. The minimum atomic E-state index is -0.243. The molecule has 1 aliphatic heterocycles. The second-order valence-corrected chi connectivity index (χ2v) is 8.19. The fourth-order valence-electron chi connectivity index (χ4n) is 3.47. The van der Waals surface area contributed by atoms with Gasteiger partial charge >= 0.3 is 0 Å². The molecular weight excluding hydrogens is 387 g/mol. The Morgan fingerprint density at radius 1 is 1.14 bits per heavy atom. The average Bonchev–Trinajstić information content (AvgIpc) is 3.21. The number of carbonyl (C=O) groups is 2. The number of halogens is 1. The maximum absolute atomic E-state index is 13.4. The first-order chi connectivity index (χ1) is 14.0. The molecule has 1 aromatic heterocycles. The quantitative estimate of drug-likeness (QED) is 0.511. The van der Waals surface area contributed by atoms with E-state index in [1.807, 2.05) is 50.4 Å². The van der Waals surface area contributed by atoms with Crippen molar-refractivity contribution in [2.24, 2.45) is 0 Å². The molecule has 0 unspecified atom stereocenters. The van der Waals surface area contributed by atoms with Crippen molar-refractivity contribution in [3.63, 3.8) is 0 Å². The molecule has 2 aromatic carbocycles. The molecule has 1 fully saturated rings. The Balaban J connectivity index is 1.60. The van der Waals surface area contributed by atoms with Gasteiger partial charge in [0.05, 0.1) is 4.91 Å². The van der Waals surface area contributed by atoms with Crippen LogP contribution >= 0.6 is 11.8 Å². The highest BCUT2D eigenvalue weighted by atomic mass is 32.2. The van der Waals surface area contributed by atoms with Crippen LogP contribution in [0, 0.1) is 5.82 Å². The van der Waals surface area contributed by atoms with Crippen molar-refractivity contribution < 1.29 is 14.0 Å². The number of nitrogens with zero attached hydrogens (tertiary/aromatic N) is 2. The lowest BCUT2D eigenvalue weighted by atomic mass is 10.1. The zero-order valence-electron chi connectivity index (χ0n) is 16.3. The summed E-state index contributed by atoms with van der Waals surface area (Å²) in [6, 6.07) is 14.4. The van der Waals surface area contributed by atoms with E-state index in [0.717, 1.165) is 40.2 Å². The molecule has 0 N–H and O–H groups in total. The van der Waals surface area contributed by atoms with Gasteiger partial charge in [-0.1, -0.05) is 25.1 Å². The highest BCUT2D eigenvalue weighted by Gasteiger charge is 2.37. The molecule has 1 saturated heterocycles. The van der Waals surface area contributed by atoms with Gasteiger partial charge in [-0.05, 0) is 72.6 Å². The topological polar surface area (TPSA) is 42.3 Å². The van der Waals surface area contributed by atoms with Crippen molar-refractivity contribution in [1.82, 2.24) is 9.47 Å². The van der Waals surface area contributed by atoms with Crippen LogP contribution in [0.5, 0.6) is 0 Å². The van der Waals surface area contributed by atoms with Crippen LogP contribution in [0.25, 0.3) is 17.0 Å². The van der Waals surface area contributed by atoms with Gasteiger partial charge < -0.3 is 4.57 Å². The van der Waals surface area contributed by atoms with Gasteiger partial charge in [-0.2, -0.15) is 0 Å². The molecule has 6 heteroatoms. The first kappa shape index (κ1) is 19.5. The van der Waals surface area contributed by atoms with E-state index in [1.54, 1.807) is 12.1 Å². The monoisotopic (exact) mass is 408 g/mol. The summed E-state index contributed by atoms with van der Waals surface area (Å²) >= 11 is 0.992. The van der Waals surface area contributed by atoms with Crippen LogP contribution < -0.4 is 0 Å². The molecule has 4 rings (SSSR count). The summed E-state index contributed by atoms with van der Waals surface area (Å²) in [6.45, 7) is 4.42. The van der Waals surface area contributed by atoms with E-state index in [2.05, 4.69) is 4.57 Å². The number of thioether (sulfide) groups is 1. The number of carbonyl (C=O) groups excluding carboxylic acids is 2. The summed E-state index contributed by atoms with van der Waals surface area (Å²) < 4.78 is 15.5. The summed E-state index contributed by atoms with van der Waals surface area (Å²) in [5.74, 6) is -0.467. The fourth-order valence-corrected chi connectivity index (χ4v) is 4.40. The number of amides is 2. The second-order valence-electron chi connectivity index (χ2n) is 7.20. The van der Waals surface area contributed by atoms with Gasteiger partial charge in [0.15, 0.2) is 0 Å². The largest absolute Gasteiger partial charge is 0.343 e. The Hall–Kier alpha value is -2.86. The van der Waals surface area contributed by atoms with Gasteiger partial charge in [-0.25, -0.2) is 4.39 Å². The highest BCUT2D eigenvalue weighted by molar-refractivity contribution is 8.18. The van der Waals surface area contributed by atoms with E-state index in [4.69, 9.17) is 0 Å². The molecule has 0 spiro atoms. The van der Waals surface area contributed by atoms with Crippen LogP contribution in [0.4, 0.5) is 9.18 Å². The molecule has 1 atom stereocenters. The van der Waals surface area contributed by atoms with Gasteiger partial charge in [0.25, 0.3) is 11.1 Å². The maximum atomic E-state index is 13.4. The van der Waals surface area contributed by atoms with E-state index in [9.17, 15) is 14.0 Å². The van der Waals surface area contributed by atoms with Crippen LogP contribution in [-0.4, -0.2) is 26.7 Å². The number of rotatable bonds is 5. The Labute approximate surface area is 173 Å². The molecule has 2 amide bonds. The summed E-state index contributed by atoms with van der Waals surface area (Å²) in [6.07, 6.45) is 4.48. The molecule has 1 aliphatic rings.